The zero-order valence-electron chi connectivity index (χ0n) is 15.5. The number of fused-ring (bicyclic) bond motifs is 1. The van der Waals surface area contributed by atoms with Crippen molar-refractivity contribution in [3.8, 4) is 0 Å². The van der Waals surface area contributed by atoms with E-state index in [0.29, 0.717) is 24.2 Å². The monoisotopic (exact) mass is 365 g/mol. The maximum absolute atomic E-state index is 12.3. The van der Waals surface area contributed by atoms with Crippen molar-refractivity contribution in [2.45, 2.75) is 39.7 Å². The third-order valence-electron chi connectivity index (χ3n) is 4.09. The molecule has 27 heavy (non-hydrogen) atoms. The van der Waals surface area contributed by atoms with Gasteiger partial charge in [-0.2, -0.15) is 0 Å². The molecule has 0 unspecified atom stereocenters. The predicted molar refractivity (Wildman–Crippen MR) is 106 cm³/mol. The first-order valence-corrected chi connectivity index (χ1v) is 9.04. The molecule has 0 aliphatic carbocycles. The largest absolute Gasteiger partial charge is 0.326 e. The van der Waals surface area contributed by atoms with Gasteiger partial charge < -0.3 is 15.2 Å². The summed E-state index contributed by atoms with van der Waals surface area (Å²) >= 11 is 0. The van der Waals surface area contributed by atoms with E-state index in [1.54, 1.807) is 30.5 Å². The van der Waals surface area contributed by atoms with Gasteiger partial charge in [-0.3, -0.25) is 9.59 Å². The number of carbonyl (C=O) groups is 2. The van der Waals surface area contributed by atoms with Gasteiger partial charge in [0, 0.05) is 43.9 Å². The molecule has 0 fully saturated rings. The van der Waals surface area contributed by atoms with Gasteiger partial charge in [0.05, 0.1) is 0 Å². The molecule has 3 rings (SSSR count). The number of hydrogen-bond acceptors (Lipinski definition) is 4. The summed E-state index contributed by atoms with van der Waals surface area (Å²) < 4.78 is 2.09. The smallest absolute Gasteiger partial charge is 0.224 e. The van der Waals surface area contributed by atoms with Crippen LogP contribution in [0.4, 0.5) is 11.4 Å². The molecule has 1 aromatic carbocycles. The summed E-state index contributed by atoms with van der Waals surface area (Å²) in [6.07, 6.45) is 3.62. The number of nitrogens with one attached hydrogen (secondary N) is 2. The summed E-state index contributed by atoms with van der Waals surface area (Å²) in [7, 11) is 0. The lowest BCUT2D eigenvalue weighted by molar-refractivity contribution is -0.116. The minimum absolute atomic E-state index is 0.0784. The van der Waals surface area contributed by atoms with Crippen LogP contribution in [0.2, 0.25) is 0 Å². The Bertz CT molecular complexity index is 947. The van der Waals surface area contributed by atoms with E-state index in [9.17, 15) is 9.59 Å². The summed E-state index contributed by atoms with van der Waals surface area (Å²) in [5, 5.41) is 5.57. The number of aromatic nitrogens is 3. The van der Waals surface area contributed by atoms with Gasteiger partial charge in [0.25, 0.3) is 0 Å². The minimum Gasteiger partial charge on any atom is -0.326 e. The quantitative estimate of drug-likeness (QED) is 0.672. The fourth-order valence-corrected chi connectivity index (χ4v) is 2.94. The minimum atomic E-state index is -0.128. The van der Waals surface area contributed by atoms with Crippen LogP contribution in [0.25, 0.3) is 11.2 Å². The Morgan fingerprint density at radius 3 is 2.44 bits per heavy atom. The van der Waals surface area contributed by atoms with Crippen LogP contribution >= 0.6 is 0 Å². The number of benzene rings is 1. The molecule has 2 aromatic heterocycles. The number of pyridine rings is 1. The van der Waals surface area contributed by atoms with Gasteiger partial charge in [-0.15, -0.1) is 0 Å². The molecule has 0 saturated carbocycles. The molecule has 3 aromatic rings. The highest BCUT2D eigenvalue weighted by Crippen LogP contribution is 2.17. The zero-order chi connectivity index (χ0) is 19.2. The van der Waals surface area contributed by atoms with Crippen molar-refractivity contribution in [3.05, 3.63) is 48.4 Å². The van der Waals surface area contributed by atoms with Crippen LogP contribution < -0.4 is 10.6 Å². The number of nitrogens with zero attached hydrogens (tertiary/aromatic N) is 3. The van der Waals surface area contributed by atoms with Crippen molar-refractivity contribution < 1.29 is 9.59 Å². The molecular weight excluding hydrogens is 342 g/mol. The summed E-state index contributed by atoms with van der Waals surface area (Å²) in [6, 6.07) is 10.8. The molecule has 0 radical (unpaired) electrons. The van der Waals surface area contributed by atoms with E-state index in [1.165, 1.54) is 6.92 Å². The highest BCUT2D eigenvalue weighted by Gasteiger charge is 2.12. The molecule has 2 amide bonds. The molecule has 2 heterocycles. The van der Waals surface area contributed by atoms with Crippen molar-refractivity contribution >= 4 is 34.4 Å². The van der Waals surface area contributed by atoms with E-state index in [-0.39, 0.29) is 11.8 Å². The lowest BCUT2D eigenvalue weighted by atomic mass is 10.2. The van der Waals surface area contributed by atoms with E-state index in [0.717, 1.165) is 30.0 Å². The predicted octanol–water partition coefficient (Wildman–Crippen LogP) is 3.37. The number of carbonyl (C=O) groups excluding carboxylic acids is 2. The first-order chi connectivity index (χ1) is 13.1. The molecule has 0 aliphatic rings. The highest BCUT2D eigenvalue weighted by molar-refractivity contribution is 5.92. The van der Waals surface area contributed by atoms with Gasteiger partial charge in [0.15, 0.2) is 5.65 Å². The molecule has 7 nitrogen and oxygen atoms in total. The molecule has 2 N–H and O–H groups in total. The average Bonchev–Trinajstić information content (AvgIpc) is 2.99. The summed E-state index contributed by atoms with van der Waals surface area (Å²) in [4.78, 5) is 32.4. The number of amides is 2. The third-order valence-corrected chi connectivity index (χ3v) is 4.09. The molecule has 140 valence electrons. The van der Waals surface area contributed by atoms with Gasteiger partial charge in [-0.25, -0.2) is 9.97 Å². The normalized spacial score (nSPS) is 10.7. The molecule has 0 aliphatic heterocycles. The van der Waals surface area contributed by atoms with Crippen LogP contribution in [-0.4, -0.2) is 26.3 Å². The van der Waals surface area contributed by atoms with E-state index >= 15 is 0 Å². The average molecular weight is 365 g/mol. The number of rotatable bonds is 7. The zero-order valence-corrected chi connectivity index (χ0v) is 15.5. The van der Waals surface area contributed by atoms with Crippen LogP contribution in [0.15, 0.2) is 42.6 Å². The lowest BCUT2D eigenvalue weighted by Gasteiger charge is -2.08. The van der Waals surface area contributed by atoms with Gasteiger partial charge in [-0.05, 0) is 42.8 Å². The number of imidazole rings is 1. The Hall–Kier alpha value is -3.22. The molecular formula is C20H23N5O2. The highest BCUT2D eigenvalue weighted by atomic mass is 16.2. The van der Waals surface area contributed by atoms with Crippen LogP contribution in [0.3, 0.4) is 0 Å². The summed E-state index contributed by atoms with van der Waals surface area (Å²) in [5.74, 6) is 0.670. The first-order valence-electron chi connectivity index (χ1n) is 9.04. The van der Waals surface area contributed by atoms with Crippen LogP contribution in [-0.2, 0) is 22.6 Å². The van der Waals surface area contributed by atoms with E-state index in [1.807, 2.05) is 12.1 Å². The summed E-state index contributed by atoms with van der Waals surface area (Å²) in [6.45, 7) is 4.39. The number of aryl methyl sites for hydroxylation is 2. The van der Waals surface area contributed by atoms with Crippen LogP contribution in [0, 0.1) is 0 Å². The first kappa shape index (κ1) is 18.6. The Labute approximate surface area is 157 Å². The van der Waals surface area contributed by atoms with E-state index < -0.39 is 0 Å². The van der Waals surface area contributed by atoms with Crippen molar-refractivity contribution in [2.75, 3.05) is 10.6 Å². The summed E-state index contributed by atoms with van der Waals surface area (Å²) in [5.41, 5.74) is 3.11. The molecule has 7 heteroatoms. The van der Waals surface area contributed by atoms with Gasteiger partial charge in [0.1, 0.15) is 11.3 Å². The van der Waals surface area contributed by atoms with Crippen molar-refractivity contribution in [3.63, 3.8) is 0 Å². The molecule has 0 saturated heterocycles. The van der Waals surface area contributed by atoms with Gasteiger partial charge >= 0.3 is 0 Å². The van der Waals surface area contributed by atoms with Crippen molar-refractivity contribution in [2.24, 2.45) is 0 Å². The number of anilines is 2. The Balaban J connectivity index is 1.63. The van der Waals surface area contributed by atoms with Crippen LogP contribution in [0.1, 0.15) is 32.5 Å². The third kappa shape index (κ3) is 4.69. The molecule has 0 bridgehead atoms. The second-order valence-electron chi connectivity index (χ2n) is 6.33. The maximum atomic E-state index is 12.3. The topological polar surface area (TPSA) is 88.9 Å². The van der Waals surface area contributed by atoms with E-state index in [2.05, 4.69) is 32.1 Å². The number of hydrogen-bond donors (Lipinski definition) is 2. The fraction of sp³-hybridized carbons (Fsp3) is 0.300. The molecule has 0 atom stereocenters. The maximum Gasteiger partial charge on any atom is 0.224 e. The Morgan fingerprint density at radius 2 is 1.78 bits per heavy atom. The molecule has 0 spiro atoms. The fourth-order valence-electron chi connectivity index (χ4n) is 2.94. The second-order valence-corrected chi connectivity index (χ2v) is 6.33. The van der Waals surface area contributed by atoms with Crippen molar-refractivity contribution in [1.29, 1.82) is 0 Å². The SMILES string of the molecule is CCCn1c(CCC(=O)Nc2ccc(NC(C)=O)cc2)nc2cccnc21. The Morgan fingerprint density at radius 1 is 1.07 bits per heavy atom. The standard InChI is InChI=1S/C20H23N5O2/c1-3-13-25-18(24-17-5-4-12-21-20(17)25)10-11-19(27)23-16-8-6-15(7-9-16)22-14(2)26/h4-9,12H,3,10-11,13H2,1-2H3,(H,22,26)(H,23,27). The van der Waals surface area contributed by atoms with E-state index in [4.69, 9.17) is 0 Å². The second kappa shape index (κ2) is 8.44. The van der Waals surface area contributed by atoms with Gasteiger partial charge in [0.2, 0.25) is 11.8 Å². The lowest BCUT2D eigenvalue weighted by Crippen LogP contribution is -2.14. The van der Waals surface area contributed by atoms with Gasteiger partial charge in [-0.1, -0.05) is 6.92 Å². The van der Waals surface area contributed by atoms with Crippen molar-refractivity contribution in [1.82, 2.24) is 14.5 Å². The van der Waals surface area contributed by atoms with Crippen LogP contribution in [0.5, 0.6) is 0 Å². The Kier molecular flexibility index (Phi) is 5.80.